The molecule has 3 rings (SSSR count). The lowest BCUT2D eigenvalue weighted by Crippen LogP contribution is -2.38. The lowest BCUT2D eigenvalue weighted by Gasteiger charge is -2.26. The third-order valence-electron chi connectivity index (χ3n) is 4.06. The number of esters is 1. The maximum absolute atomic E-state index is 12.4. The molecule has 138 valence electrons. The molecule has 1 aliphatic rings. The SMILES string of the molecule is Cc1noc(CSc2ccccc2C(=O)OCC(=O)N2CCCCC2)n1. The summed E-state index contributed by atoms with van der Waals surface area (Å²) in [6.45, 7) is 3.02. The van der Waals surface area contributed by atoms with Crippen molar-refractivity contribution in [3.8, 4) is 0 Å². The highest BCUT2D eigenvalue weighted by atomic mass is 32.2. The number of carbonyl (C=O) groups excluding carboxylic acids is 2. The van der Waals surface area contributed by atoms with Gasteiger partial charge in [-0.1, -0.05) is 17.3 Å². The number of thioether (sulfide) groups is 1. The number of aromatic nitrogens is 2. The highest BCUT2D eigenvalue weighted by molar-refractivity contribution is 7.98. The van der Waals surface area contributed by atoms with Crippen LogP contribution in [0.2, 0.25) is 0 Å². The zero-order chi connectivity index (χ0) is 18.4. The Labute approximate surface area is 156 Å². The van der Waals surface area contributed by atoms with Crippen molar-refractivity contribution >= 4 is 23.6 Å². The molecular weight excluding hydrogens is 354 g/mol. The summed E-state index contributed by atoms with van der Waals surface area (Å²) in [5, 5.41) is 3.75. The quantitative estimate of drug-likeness (QED) is 0.567. The minimum Gasteiger partial charge on any atom is -0.452 e. The van der Waals surface area contributed by atoms with E-state index in [9.17, 15) is 9.59 Å². The van der Waals surface area contributed by atoms with Gasteiger partial charge in [-0.3, -0.25) is 4.79 Å². The van der Waals surface area contributed by atoms with Gasteiger partial charge in [0.1, 0.15) is 0 Å². The number of ether oxygens (including phenoxy) is 1. The van der Waals surface area contributed by atoms with Crippen LogP contribution in [0.15, 0.2) is 33.7 Å². The third-order valence-corrected chi connectivity index (χ3v) is 5.12. The highest BCUT2D eigenvalue weighted by Gasteiger charge is 2.20. The van der Waals surface area contributed by atoms with Crippen LogP contribution in [-0.2, 0) is 15.3 Å². The number of carbonyl (C=O) groups is 2. The molecular formula is C18H21N3O4S. The van der Waals surface area contributed by atoms with E-state index in [0.29, 0.717) is 23.0 Å². The van der Waals surface area contributed by atoms with Crippen molar-refractivity contribution in [2.75, 3.05) is 19.7 Å². The van der Waals surface area contributed by atoms with Crippen LogP contribution < -0.4 is 0 Å². The number of aryl methyl sites for hydroxylation is 1. The molecule has 0 aliphatic carbocycles. The van der Waals surface area contributed by atoms with E-state index in [1.807, 2.05) is 12.1 Å². The van der Waals surface area contributed by atoms with Gasteiger partial charge in [0.25, 0.3) is 5.91 Å². The van der Waals surface area contributed by atoms with E-state index in [4.69, 9.17) is 9.26 Å². The van der Waals surface area contributed by atoms with Crippen molar-refractivity contribution in [2.45, 2.75) is 36.8 Å². The minimum atomic E-state index is -0.500. The predicted octanol–water partition coefficient (Wildman–Crippen LogP) is 2.84. The van der Waals surface area contributed by atoms with Crippen LogP contribution in [0.25, 0.3) is 0 Å². The lowest BCUT2D eigenvalue weighted by molar-refractivity contribution is -0.135. The largest absolute Gasteiger partial charge is 0.452 e. The number of hydrogen-bond donors (Lipinski definition) is 0. The molecule has 1 amide bonds. The van der Waals surface area contributed by atoms with Crippen LogP contribution in [0.5, 0.6) is 0 Å². The van der Waals surface area contributed by atoms with E-state index >= 15 is 0 Å². The van der Waals surface area contributed by atoms with Gasteiger partial charge in [0, 0.05) is 18.0 Å². The Kier molecular flexibility index (Phi) is 6.27. The Morgan fingerprint density at radius 1 is 1.23 bits per heavy atom. The van der Waals surface area contributed by atoms with Gasteiger partial charge in [-0.25, -0.2) is 4.79 Å². The van der Waals surface area contributed by atoms with E-state index in [0.717, 1.165) is 37.2 Å². The van der Waals surface area contributed by atoms with Crippen molar-refractivity contribution in [1.82, 2.24) is 15.0 Å². The van der Waals surface area contributed by atoms with Gasteiger partial charge >= 0.3 is 5.97 Å². The summed E-state index contributed by atoms with van der Waals surface area (Å²) in [4.78, 5) is 31.2. The average Bonchev–Trinajstić information content (AvgIpc) is 3.10. The second-order valence-corrected chi connectivity index (χ2v) is 7.05. The fraction of sp³-hybridized carbons (Fsp3) is 0.444. The zero-order valence-corrected chi connectivity index (χ0v) is 15.5. The molecule has 1 fully saturated rings. The maximum Gasteiger partial charge on any atom is 0.339 e. The number of hydrogen-bond acceptors (Lipinski definition) is 7. The van der Waals surface area contributed by atoms with Crippen molar-refractivity contribution in [2.24, 2.45) is 0 Å². The molecule has 1 aliphatic heterocycles. The molecule has 1 saturated heterocycles. The molecule has 2 aromatic rings. The summed E-state index contributed by atoms with van der Waals surface area (Å²) in [7, 11) is 0. The first-order chi connectivity index (χ1) is 12.6. The number of amides is 1. The van der Waals surface area contributed by atoms with Crippen LogP contribution in [0.4, 0.5) is 0 Å². The molecule has 0 saturated carbocycles. The second-order valence-electron chi connectivity index (χ2n) is 6.04. The summed E-state index contributed by atoms with van der Waals surface area (Å²) in [5.74, 6) is 0.892. The Balaban J connectivity index is 1.57. The van der Waals surface area contributed by atoms with Crippen molar-refractivity contribution < 1.29 is 18.8 Å². The predicted molar refractivity (Wildman–Crippen MR) is 95.8 cm³/mol. The molecule has 2 heterocycles. The van der Waals surface area contributed by atoms with Crippen LogP contribution in [0.3, 0.4) is 0 Å². The Hall–Kier alpha value is -2.35. The maximum atomic E-state index is 12.4. The molecule has 0 spiro atoms. The number of nitrogens with zero attached hydrogens (tertiary/aromatic N) is 3. The standard InChI is InChI=1S/C18H21N3O4S/c1-13-19-16(25-20-13)12-26-15-8-4-3-7-14(15)18(23)24-11-17(22)21-9-5-2-6-10-21/h3-4,7-8H,2,5-6,9-12H2,1H3. The van der Waals surface area contributed by atoms with E-state index in [1.165, 1.54) is 11.8 Å². The Bertz CT molecular complexity index is 771. The molecule has 0 bridgehead atoms. The number of benzene rings is 1. The van der Waals surface area contributed by atoms with Crippen LogP contribution in [-0.4, -0.2) is 46.6 Å². The molecule has 7 nitrogen and oxygen atoms in total. The summed E-state index contributed by atoms with van der Waals surface area (Å²) < 4.78 is 10.3. The van der Waals surface area contributed by atoms with Gasteiger partial charge < -0.3 is 14.2 Å². The smallest absolute Gasteiger partial charge is 0.339 e. The van der Waals surface area contributed by atoms with Crippen molar-refractivity contribution in [3.63, 3.8) is 0 Å². The van der Waals surface area contributed by atoms with E-state index < -0.39 is 5.97 Å². The number of piperidine rings is 1. The van der Waals surface area contributed by atoms with Gasteiger partial charge in [-0.2, -0.15) is 4.98 Å². The lowest BCUT2D eigenvalue weighted by atomic mass is 10.1. The Morgan fingerprint density at radius 3 is 2.73 bits per heavy atom. The Morgan fingerprint density at radius 2 is 2.00 bits per heavy atom. The van der Waals surface area contributed by atoms with Crippen molar-refractivity contribution in [1.29, 1.82) is 0 Å². The van der Waals surface area contributed by atoms with Crippen LogP contribution >= 0.6 is 11.8 Å². The minimum absolute atomic E-state index is 0.135. The van der Waals surface area contributed by atoms with E-state index in [2.05, 4.69) is 10.1 Å². The topological polar surface area (TPSA) is 85.5 Å². The normalized spacial score (nSPS) is 14.3. The summed E-state index contributed by atoms with van der Waals surface area (Å²) >= 11 is 1.41. The number of likely N-dealkylation sites (tertiary alicyclic amines) is 1. The highest BCUT2D eigenvalue weighted by Crippen LogP contribution is 2.26. The molecule has 0 unspecified atom stereocenters. The second kappa shape index (κ2) is 8.84. The van der Waals surface area contributed by atoms with Gasteiger partial charge in [0.15, 0.2) is 12.4 Å². The first-order valence-electron chi connectivity index (χ1n) is 8.59. The molecule has 0 atom stereocenters. The molecule has 1 aromatic heterocycles. The fourth-order valence-corrected chi connectivity index (χ4v) is 3.62. The molecule has 8 heteroatoms. The van der Waals surface area contributed by atoms with Gasteiger partial charge in [-0.05, 0) is 38.3 Å². The molecule has 0 N–H and O–H groups in total. The van der Waals surface area contributed by atoms with Crippen LogP contribution in [0.1, 0.15) is 41.3 Å². The van der Waals surface area contributed by atoms with Gasteiger partial charge in [-0.15, -0.1) is 11.8 Å². The summed E-state index contributed by atoms with van der Waals surface area (Å²) in [6, 6.07) is 7.13. The first kappa shape index (κ1) is 18.4. The third kappa shape index (κ3) is 4.85. The monoisotopic (exact) mass is 375 g/mol. The first-order valence-corrected chi connectivity index (χ1v) is 9.58. The van der Waals surface area contributed by atoms with E-state index in [1.54, 1.807) is 24.0 Å². The van der Waals surface area contributed by atoms with Crippen molar-refractivity contribution in [3.05, 3.63) is 41.5 Å². The fourth-order valence-electron chi connectivity index (χ4n) is 2.74. The van der Waals surface area contributed by atoms with Gasteiger partial charge in [0.2, 0.25) is 5.89 Å². The summed E-state index contributed by atoms with van der Waals surface area (Å²) in [6.07, 6.45) is 3.16. The summed E-state index contributed by atoms with van der Waals surface area (Å²) in [5.41, 5.74) is 0.431. The zero-order valence-electron chi connectivity index (χ0n) is 14.6. The molecule has 1 aromatic carbocycles. The number of rotatable bonds is 6. The molecule has 26 heavy (non-hydrogen) atoms. The average molecular weight is 375 g/mol. The van der Waals surface area contributed by atoms with E-state index in [-0.39, 0.29) is 12.5 Å². The molecule has 0 radical (unpaired) electrons. The van der Waals surface area contributed by atoms with Crippen LogP contribution in [0, 0.1) is 6.92 Å². The van der Waals surface area contributed by atoms with Gasteiger partial charge in [0.05, 0.1) is 11.3 Å².